The number of amides is 1. The quantitative estimate of drug-likeness (QED) is 0.333. The molecule has 1 aliphatic heterocycles. The number of piperazine rings is 1. The first-order valence-corrected chi connectivity index (χ1v) is 12.9. The smallest absolute Gasteiger partial charge is 0.242 e. The van der Waals surface area contributed by atoms with E-state index >= 15 is 0 Å². The van der Waals surface area contributed by atoms with Crippen LogP contribution in [0.2, 0.25) is 0 Å². The number of hydrogen-bond acceptors (Lipinski definition) is 7. The highest BCUT2D eigenvalue weighted by Crippen LogP contribution is 2.25. The maximum Gasteiger partial charge on any atom is 0.242 e. The van der Waals surface area contributed by atoms with Crippen LogP contribution >= 0.6 is 0 Å². The number of benzene rings is 2. The minimum Gasteiger partial charge on any atom is -0.494 e. The number of nitrogens with zero attached hydrogens (tertiary/aromatic N) is 6. The Morgan fingerprint density at radius 3 is 2.49 bits per heavy atom. The summed E-state index contributed by atoms with van der Waals surface area (Å²) in [5.41, 5.74) is 2.92. The SMILES string of the molecule is CCCCOc1ccc(CNC(=O)Cn2ncc3c(N4CCN(c5ccccc5)CC4)ncnc32)cc1. The van der Waals surface area contributed by atoms with Gasteiger partial charge in [0, 0.05) is 38.4 Å². The molecular formula is C28H33N7O2. The van der Waals surface area contributed by atoms with E-state index in [1.807, 2.05) is 30.3 Å². The van der Waals surface area contributed by atoms with E-state index in [9.17, 15) is 4.79 Å². The van der Waals surface area contributed by atoms with Gasteiger partial charge in [0.2, 0.25) is 5.91 Å². The van der Waals surface area contributed by atoms with Gasteiger partial charge in [-0.3, -0.25) is 4.79 Å². The summed E-state index contributed by atoms with van der Waals surface area (Å²) < 4.78 is 7.34. The van der Waals surface area contributed by atoms with Crippen molar-refractivity contribution in [3.63, 3.8) is 0 Å². The van der Waals surface area contributed by atoms with Crippen LogP contribution in [0, 0.1) is 0 Å². The molecule has 2 aromatic heterocycles. The van der Waals surface area contributed by atoms with E-state index < -0.39 is 0 Å². The monoisotopic (exact) mass is 499 g/mol. The summed E-state index contributed by atoms with van der Waals surface area (Å²) >= 11 is 0. The second kappa shape index (κ2) is 11.7. The van der Waals surface area contributed by atoms with Crippen molar-refractivity contribution in [2.75, 3.05) is 42.6 Å². The zero-order valence-corrected chi connectivity index (χ0v) is 21.2. The Hall–Kier alpha value is -4.14. The number of hydrogen-bond donors (Lipinski definition) is 1. The average molecular weight is 500 g/mol. The van der Waals surface area contributed by atoms with Crippen molar-refractivity contribution in [3.05, 3.63) is 72.7 Å². The molecule has 0 aliphatic carbocycles. The first kappa shape index (κ1) is 24.5. The Morgan fingerprint density at radius 2 is 1.73 bits per heavy atom. The summed E-state index contributed by atoms with van der Waals surface area (Å²) in [7, 11) is 0. The molecule has 9 nitrogen and oxygen atoms in total. The Labute approximate surface area is 217 Å². The van der Waals surface area contributed by atoms with Crippen LogP contribution in [0.25, 0.3) is 11.0 Å². The summed E-state index contributed by atoms with van der Waals surface area (Å²) in [6.45, 7) is 6.94. The van der Waals surface area contributed by atoms with Crippen molar-refractivity contribution in [1.29, 1.82) is 0 Å². The van der Waals surface area contributed by atoms with Crippen LogP contribution < -0.4 is 19.9 Å². The van der Waals surface area contributed by atoms with Crippen LogP contribution in [0.15, 0.2) is 67.1 Å². The van der Waals surface area contributed by atoms with Crippen LogP contribution in [0.3, 0.4) is 0 Å². The normalized spacial score (nSPS) is 13.6. The predicted octanol–water partition coefficient (Wildman–Crippen LogP) is 3.65. The van der Waals surface area contributed by atoms with Gasteiger partial charge in [0.1, 0.15) is 24.4 Å². The summed E-state index contributed by atoms with van der Waals surface area (Å²) in [6, 6.07) is 18.3. The van der Waals surface area contributed by atoms with Crippen molar-refractivity contribution in [3.8, 4) is 5.75 Å². The molecule has 37 heavy (non-hydrogen) atoms. The fourth-order valence-corrected chi connectivity index (χ4v) is 4.49. The van der Waals surface area contributed by atoms with Crippen molar-refractivity contribution in [1.82, 2.24) is 25.1 Å². The van der Waals surface area contributed by atoms with E-state index in [-0.39, 0.29) is 12.5 Å². The van der Waals surface area contributed by atoms with Gasteiger partial charge in [0.25, 0.3) is 0 Å². The largest absolute Gasteiger partial charge is 0.494 e. The first-order chi connectivity index (χ1) is 18.2. The molecule has 1 saturated heterocycles. The Balaban J connectivity index is 1.17. The summed E-state index contributed by atoms with van der Waals surface area (Å²) in [4.78, 5) is 26.3. The third kappa shape index (κ3) is 5.99. The van der Waals surface area contributed by atoms with Crippen LogP contribution in [0.4, 0.5) is 11.5 Å². The molecule has 1 amide bonds. The number of ether oxygens (including phenoxy) is 1. The number of aromatic nitrogens is 4. The lowest BCUT2D eigenvalue weighted by Crippen LogP contribution is -2.46. The van der Waals surface area contributed by atoms with Crippen LogP contribution in [-0.4, -0.2) is 58.4 Å². The summed E-state index contributed by atoms with van der Waals surface area (Å²) in [5, 5.41) is 8.29. The third-order valence-corrected chi connectivity index (χ3v) is 6.59. The van der Waals surface area contributed by atoms with E-state index in [1.165, 1.54) is 5.69 Å². The lowest BCUT2D eigenvalue weighted by molar-refractivity contribution is -0.121. The minimum atomic E-state index is -0.120. The molecule has 2 aromatic carbocycles. The number of carbonyl (C=O) groups excluding carboxylic acids is 1. The number of nitrogens with one attached hydrogen (secondary N) is 1. The highest BCUT2D eigenvalue weighted by atomic mass is 16.5. The van der Waals surface area contributed by atoms with Gasteiger partial charge in [-0.1, -0.05) is 43.7 Å². The standard InChI is InChI=1S/C28H33N7O2/c1-2-3-17-37-24-11-9-22(10-12-24)18-29-26(36)20-35-28-25(19-32-35)27(30-21-31-28)34-15-13-33(14-16-34)23-7-5-4-6-8-23/h4-12,19,21H,2-3,13-18,20H2,1H3,(H,29,36). The lowest BCUT2D eigenvalue weighted by atomic mass is 10.2. The lowest BCUT2D eigenvalue weighted by Gasteiger charge is -2.36. The summed E-state index contributed by atoms with van der Waals surface area (Å²) in [6.07, 6.45) is 5.46. The van der Waals surface area contributed by atoms with Gasteiger partial charge in [0.05, 0.1) is 18.2 Å². The molecule has 0 bridgehead atoms. The number of fused-ring (bicyclic) bond motifs is 1. The molecule has 192 valence electrons. The Bertz CT molecular complexity index is 1300. The van der Waals surface area contributed by atoms with E-state index in [0.717, 1.165) is 68.1 Å². The second-order valence-corrected chi connectivity index (χ2v) is 9.17. The maximum atomic E-state index is 12.7. The molecular weight excluding hydrogens is 466 g/mol. The van der Waals surface area contributed by atoms with Gasteiger partial charge in [-0.15, -0.1) is 0 Å². The molecule has 0 spiro atoms. The fraction of sp³-hybridized carbons (Fsp3) is 0.357. The van der Waals surface area contributed by atoms with Crippen LogP contribution in [0.5, 0.6) is 5.75 Å². The van der Waals surface area contributed by atoms with Gasteiger partial charge in [0.15, 0.2) is 5.65 Å². The van der Waals surface area contributed by atoms with Crippen molar-refractivity contribution in [2.24, 2.45) is 0 Å². The summed E-state index contributed by atoms with van der Waals surface area (Å²) in [5.74, 6) is 1.60. The van der Waals surface area contributed by atoms with E-state index in [0.29, 0.717) is 12.2 Å². The number of carbonyl (C=O) groups is 1. The fourth-order valence-electron chi connectivity index (χ4n) is 4.49. The maximum absolute atomic E-state index is 12.7. The van der Waals surface area contributed by atoms with E-state index in [1.54, 1.807) is 17.2 Å². The van der Waals surface area contributed by atoms with Crippen LogP contribution in [-0.2, 0) is 17.9 Å². The van der Waals surface area contributed by atoms with Crippen molar-refractivity contribution >= 4 is 28.4 Å². The minimum absolute atomic E-state index is 0.0972. The van der Waals surface area contributed by atoms with E-state index in [2.05, 4.69) is 61.4 Å². The van der Waals surface area contributed by atoms with E-state index in [4.69, 9.17) is 4.74 Å². The molecule has 1 N–H and O–H groups in total. The number of anilines is 2. The molecule has 9 heteroatoms. The van der Waals surface area contributed by atoms with Crippen molar-refractivity contribution in [2.45, 2.75) is 32.9 Å². The third-order valence-electron chi connectivity index (χ3n) is 6.59. The molecule has 0 radical (unpaired) electrons. The zero-order valence-electron chi connectivity index (χ0n) is 21.2. The van der Waals surface area contributed by atoms with Gasteiger partial charge in [-0.25, -0.2) is 14.6 Å². The Kier molecular flexibility index (Phi) is 7.78. The molecule has 4 aromatic rings. The number of unbranched alkanes of at least 4 members (excludes halogenated alkanes) is 1. The average Bonchev–Trinajstić information content (AvgIpc) is 3.36. The Morgan fingerprint density at radius 1 is 0.973 bits per heavy atom. The predicted molar refractivity (Wildman–Crippen MR) is 145 cm³/mol. The van der Waals surface area contributed by atoms with Gasteiger partial charge in [-0.2, -0.15) is 5.10 Å². The topological polar surface area (TPSA) is 88.4 Å². The van der Waals surface area contributed by atoms with Gasteiger partial charge in [-0.05, 0) is 36.2 Å². The van der Waals surface area contributed by atoms with Gasteiger partial charge < -0.3 is 19.9 Å². The number of para-hydroxylation sites is 1. The molecule has 0 saturated carbocycles. The van der Waals surface area contributed by atoms with Gasteiger partial charge >= 0.3 is 0 Å². The molecule has 3 heterocycles. The zero-order chi connectivity index (χ0) is 25.5. The van der Waals surface area contributed by atoms with Crippen molar-refractivity contribution < 1.29 is 9.53 Å². The molecule has 0 unspecified atom stereocenters. The highest BCUT2D eigenvalue weighted by Gasteiger charge is 2.22. The highest BCUT2D eigenvalue weighted by molar-refractivity contribution is 5.88. The molecule has 0 atom stereocenters. The first-order valence-electron chi connectivity index (χ1n) is 12.9. The molecule has 5 rings (SSSR count). The molecule has 1 aliphatic rings. The second-order valence-electron chi connectivity index (χ2n) is 9.17. The number of rotatable bonds is 10. The van der Waals surface area contributed by atoms with Crippen LogP contribution in [0.1, 0.15) is 25.3 Å². The molecule has 1 fully saturated rings.